The summed E-state index contributed by atoms with van der Waals surface area (Å²) in [5.74, 6) is 0.100. The van der Waals surface area contributed by atoms with Gasteiger partial charge in [-0.3, -0.25) is 14.4 Å². The van der Waals surface area contributed by atoms with Gasteiger partial charge in [-0.2, -0.15) is 0 Å². The number of hydrogen-bond acceptors (Lipinski definition) is 8. The zero-order valence-electron chi connectivity index (χ0n) is 37.5. The monoisotopic (exact) mass is 837 g/mol. The lowest BCUT2D eigenvalue weighted by atomic mass is 9.33. The van der Waals surface area contributed by atoms with Crippen molar-refractivity contribution in [2.45, 2.75) is 145 Å². The van der Waals surface area contributed by atoms with Gasteiger partial charge in [0.15, 0.2) is 5.78 Å². The minimum atomic E-state index is -0.834. The molecular formula is C49H72ClNO8. The number of carboxylic acids is 1. The molecule has 0 radical (unpaired) electrons. The fourth-order valence-electron chi connectivity index (χ4n) is 14.8. The summed E-state index contributed by atoms with van der Waals surface area (Å²) in [5.41, 5.74) is 1.82. The minimum absolute atomic E-state index is 0.0342. The lowest BCUT2D eigenvalue weighted by Crippen LogP contribution is -2.66. The zero-order chi connectivity index (χ0) is 43.1. The van der Waals surface area contributed by atoms with E-state index in [2.05, 4.69) is 53.8 Å². The number of carbonyl (C=O) groups excluding carboxylic acids is 2. The van der Waals surface area contributed by atoms with Gasteiger partial charge in [-0.25, -0.2) is 0 Å². The Morgan fingerprint density at radius 2 is 1.63 bits per heavy atom. The van der Waals surface area contributed by atoms with Crippen molar-refractivity contribution in [3.8, 4) is 5.75 Å². The van der Waals surface area contributed by atoms with Gasteiger partial charge in [0.25, 0.3) is 0 Å². The molecule has 0 saturated heterocycles. The summed E-state index contributed by atoms with van der Waals surface area (Å²) in [6.07, 6.45) is 7.58. The van der Waals surface area contributed by atoms with E-state index < -0.39 is 28.8 Å². The van der Waals surface area contributed by atoms with Crippen LogP contribution in [0.25, 0.3) is 0 Å². The van der Waals surface area contributed by atoms with Crippen LogP contribution in [0.3, 0.4) is 0 Å². The number of methoxy groups -OCH3 is 1. The Morgan fingerprint density at radius 1 is 0.898 bits per heavy atom. The molecular weight excluding hydrogens is 766 g/mol. The number of rotatable bonds is 13. The molecule has 11 atom stereocenters. The number of Topliss-reactive ketones (excluding diaryl/α,β-unsaturated/α-hetero) is 1. The molecule has 3 N–H and O–H groups in total. The summed E-state index contributed by atoms with van der Waals surface area (Å²) in [4.78, 5) is 39.7. The number of nitrogens with one attached hydrogen (secondary N) is 1. The highest BCUT2D eigenvalue weighted by atomic mass is 35.5. The molecule has 5 saturated carbocycles. The number of esters is 1. The highest BCUT2D eigenvalue weighted by Gasteiger charge is 2.71. The van der Waals surface area contributed by atoms with Gasteiger partial charge in [-0.05, 0) is 121 Å². The molecule has 9 nitrogen and oxygen atoms in total. The van der Waals surface area contributed by atoms with E-state index in [4.69, 9.17) is 25.8 Å². The molecule has 0 aromatic heterocycles. The first-order chi connectivity index (χ1) is 27.6. The van der Waals surface area contributed by atoms with Crippen molar-refractivity contribution in [3.05, 3.63) is 39.9 Å². The summed E-state index contributed by atoms with van der Waals surface area (Å²) in [6.45, 7) is 22.1. The maximum absolute atomic E-state index is 14.2. The van der Waals surface area contributed by atoms with Crippen LogP contribution in [0.4, 0.5) is 0 Å². The Hall–Kier alpha value is -2.46. The summed E-state index contributed by atoms with van der Waals surface area (Å²) < 4.78 is 17.6. The maximum atomic E-state index is 14.2. The van der Waals surface area contributed by atoms with E-state index in [0.717, 1.165) is 62.5 Å². The van der Waals surface area contributed by atoms with Crippen LogP contribution in [0.1, 0.15) is 132 Å². The van der Waals surface area contributed by atoms with E-state index >= 15 is 0 Å². The largest absolute Gasteiger partial charge is 0.491 e. The lowest BCUT2D eigenvalue weighted by molar-refractivity contribution is -0.238. The molecule has 6 aliphatic rings. The van der Waals surface area contributed by atoms with Gasteiger partial charge in [0.05, 0.1) is 24.5 Å². The van der Waals surface area contributed by atoms with Crippen LogP contribution in [0.2, 0.25) is 5.02 Å². The van der Waals surface area contributed by atoms with Crippen LogP contribution in [-0.2, 0) is 30.4 Å². The van der Waals surface area contributed by atoms with Crippen molar-refractivity contribution >= 4 is 29.3 Å². The smallest absolute Gasteiger partial charge is 0.309 e. The van der Waals surface area contributed by atoms with Crippen molar-refractivity contribution < 1.29 is 38.8 Å². The van der Waals surface area contributed by atoms with Gasteiger partial charge >= 0.3 is 11.9 Å². The number of allylic oxidation sites excluding steroid dienone is 1. The Kier molecular flexibility index (Phi) is 11.9. The highest BCUT2D eigenvalue weighted by molar-refractivity contribution is 6.30. The normalized spacial score (nSPS) is 38.7. The highest BCUT2D eigenvalue weighted by Crippen LogP contribution is 2.77. The number of halogens is 1. The molecule has 10 heteroatoms. The second-order valence-corrected chi connectivity index (χ2v) is 22.3. The van der Waals surface area contributed by atoms with E-state index in [0.29, 0.717) is 61.8 Å². The molecule has 0 unspecified atom stereocenters. The number of aliphatic carboxylic acids is 1. The van der Waals surface area contributed by atoms with Gasteiger partial charge in [0.2, 0.25) is 0 Å². The molecule has 0 aliphatic heterocycles. The average molecular weight is 839 g/mol. The number of hydrogen-bond donors (Lipinski definition) is 3. The van der Waals surface area contributed by atoms with E-state index in [1.807, 2.05) is 32.0 Å². The van der Waals surface area contributed by atoms with Crippen LogP contribution in [0, 0.1) is 68.0 Å². The quantitative estimate of drug-likeness (QED) is 0.131. The van der Waals surface area contributed by atoms with Crippen molar-refractivity contribution in [2.24, 2.45) is 68.0 Å². The van der Waals surface area contributed by atoms with Crippen molar-refractivity contribution in [3.63, 3.8) is 0 Å². The number of aliphatic hydroxyl groups is 1. The Balaban J connectivity index is 1.11. The van der Waals surface area contributed by atoms with Crippen LogP contribution in [0.15, 0.2) is 29.3 Å². The number of carboxylic acid groups (broad SMARTS) is 1. The maximum Gasteiger partial charge on any atom is 0.309 e. The van der Waals surface area contributed by atoms with Crippen molar-refractivity contribution in [1.29, 1.82) is 0 Å². The molecule has 0 spiro atoms. The Morgan fingerprint density at radius 3 is 2.29 bits per heavy atom. The number of aliphatic hydroxyl groups excluding tert-OH is 1. The summed E-state index contributed by atoms with van der Waals surface area (Å²) in [7, 11) is 1.64. The van der Waals surface area contributed by atoms with Gasteiger partial charge in [0, 0.05) is 48.0 Å². The predicted octanol–water partition coefficient (Wildman–Crippen LogP) is 9.46. The molecule has 6 aliphatic carbocycles. The SMILES string of the molecule is COCCOc1cc(Cl)ccc1CNC[C@H](O)[C@@]12CC[C@]3(C)[C@H](CC[C@@H]4[C@@]5(C)CC[C@H](OC(=O)[C@H]6C[C@@H](C(=O)O)C6(C)C)C(C)(C)[C@@H]5CC[C@]43C)C1=C(C(C)C)C(=O)C2. The van der Waals surface area contributed by atoms with Crippen LogP contribution < -0.4 is 10.1 Å². The molecule has 0 heterocycles. The molecule has 0 amide bonds. The van der Waals surface area contributed by atoms with E-state index in [-0.39, 0.29) is 57.3 Å². The second-order valence-electron chi connectivity index (χ2n) is 21.9. The van der Waals surface area contributed by atoms with E-state index in [1.165, 1.54) is 5.57 Å². The van der Waals surface area contributed by atoms with Gasteiger partial charge in [0.1, 0.15) is 18.5 Å². The van der Waals surface area contributed by atoms with E-state index in [1.54, 1.807) is 7.11 Å². The zero-order valence-corrected chi connectivity index (χ0v) is 38.2. The van der Waals surface area contributed by atoms with Crippen molar-refractivity contribution in [2.75, 3.05) is 26.9 Å². The molecule has 7 rings (SSSR count). The number of benzene rings is 1. The van der Waals surface area contributed by atoms with Gasteiger partial charge in [-0.1, -0.05) is 85.6 Å². The average Bonchev–Trinajstić information content (AvgIpc) is 3.46. The van der Waals surface area contributed by atoms with Gasteiger partial charge < -0.3 is 29.7 Å². The molecule has 1 aromatic rings. The fraction of sp³-hybridized carbons (Fsp3) is 0.776. The number of fused-ring (bicyclic) bond motifs is 7. The number of carbonyl (C=O) groups is 3. The molecule has 59 heavy (non-hydrogen) atoms. The lowest BCUT2D eigenvalue weighted by Gasteiger charge is -2.72. The topological polar surface area (TPSA) is 131 Å². The summed E-state index contributed by atoms with van der Waals surface area (Å²) in [5, 5.41) is 26.2. The first-order valence-electron chi connectivity index (χ1n) is 22.6. The third-order valence-electron chi connectivity index (χ3n) is 18.4. The number of ether oxygens (including phenoxy) is 3. The second kappa shape index (κ2) is 15.7. The predicted molar refractivity (Wildman–Crippen MR) is 229 cm³/mol. The summed E-state index contributed by atoms with van der Waals surface area (Å²) in [6, 6.07) is 5.63. The first-order valence-corrected chi connectivity index (χ1v) is 23.0. The first kappa shape index (κ1) is 44.6. The molecule has 0 bridgehead atoms. The fourth-order valence-corrected chi connectivity index (χ4v) is 15.0. The van der Waals surface area contributed by atoms with Crippen LogP contribution in [-0.4, -0.2) is 67.0 Å². The third-order valence-corrected chi connectivity index (χ3v) is 18.6. The minimum Gasteiger partial charge on any atom is -0.491 e. The number of ketones is 1. The summed E-state index contributed by atoms with van der Waals surface area (Å²) >= 11 is 6.32. The molecule has 328 valence electrons. The third kappa shape index (κ3) is 6.93. The van der Waals surface area contributed by atoms with Crippen LogP contribution >= 0.6 is 11.6 Å². The Bertz CT molecular complexity index is 1860. The molecule has 1 aromatic carbocycles. The van der Waals surface area contributed by atoms with E-state index in [9.17, 15) is 24.6 Å². The van der Waals surface area contributed by atoms with Crippen molar-refractivity contribution in [1.82, 2.24) is 5.32 Å². The Labute approximate surface area is 358 Å². The standard InChI is InChI=1S/C49H72ClNO8/c1-28(2)40-34(52)25-49(38(53)27-51-26-29-11-12-30(50)23-35(29)58-22-21-57-10)20-19-47(8)31(41(40)49)13-14-37-46(7)17-16-39(45(5,6)36(46)15-18-48(37,47)9)59-43(56)33-24-32(42(54)55)44(33,3)4/h11-12,23,28,31-33,36-39,51,53H,13-22,24-27H2,1-10H3,(H,54,55)/t31-,32+,33-,36+,37-,38+,39+,46+,47-,48-,49+/m1/s1. The molecule has 5 fully saturated rings. The van der Waals surface area contributed by atoms with Gasteiger partial charge in [-0.15, -0.1) is 0 Å². The van der Waals surface area contributed by atoms with Crippen LogP contribution in [0.5, 0.6) is 5.75 Å².